The van der Waals surface area contributed by atoms with Gasteiger partial charge in [0.1, 0.15) is 11.9 Å². The van der Waals surface area contributed by atoms with Gasteiger partial charge in [-0.3, -0.25) is 0 Å². The van der Waals surface area contributed by atoms with Gasteiger partial charge in [-0.25, -0.2) is 0 Å². The fraction of sp³-hybridized carbons (Fsp3) is 0.188. The molecule has 0 bridgehead atoms. The van der Waals surface area contributed by atoms with Crippen molar-refractivity contribution in [3.8, 4) is 5.75 Å². The number of anilines is 2. The monoisotopic (exact) mass is 490 g/mol. The molecule has 1 atom stereocenters. The molecule has 0 aliphatic carbocycles. The van der Waals surface area contributed by atoms with E-state index in [1.54, 1.807) is 0 Å². The molecule has 1 aliphatic heterocycles. The first kappa shape index (κ1) is 15.3. The van der Waals surface area contributed by atoms with Crippen molar-refractivity contribution >= 4 is 11.4 Å². The molecular formula is C16H16N2OU. The minimum absolute atomic E-state index is 0. The Balaban J connectivity index is 0.00000147. The molecule has 0 amide bonds. The van der Waals surface area contributed by atoms with Crippen molar-refractivity contribution in [1.82, 2.24) is 0 Å². The maximum atomic E-state index is 6.03. The molecule has 0 aromatic heterocycles. The largest absolute Gasteiger partial charge is 2.00 e. The van der Waals surface area contributed by atoms with Gasteiger partial charge in [-0.05, 0) is 12.1 Å². The van der Waals surface area contributed by atoms with Crippen LogP contribution in [-0.2, 0) is 0 Å². The Morgan fingerprint density at radius 1 is 1.35 bits per heavy atom. The topological polar surface area (TPSA) is 33.3 Å². The minimum Gasteiger partial charge on any atom is -0.484 e. The second-order valence-electron chi connectivity index (χ2n) is 4.45. The first-order valence-electron chi connectivity index (χ1n) is 6.41. The third-order valence-corrected chi connectivity index (χ3v) is 3.15. The third-order valence-electron chi connectivity index (χ3n) is 3.15. The predicted octanol–water partition coefficient (Wildman–Crippen LogP) is 3.28. The van der Waals surface area contributed by atoms with Crippen LogP contribution in [-0.4, -0.2) is 13.1 Å². The number of fused-ring (bicyclic) bond motifs is 1. The van der Waals surface area contributed by atoms with E-state index in [0.29, 0.717) is 6.54 Å². The molecule has 2 aromatic carbocycles. The molecule has 2 N–H and O–H groups in total. The Bertz CT molecular complexity index is 574. The number of benzene rings is 2. The number of hydrogen-bond acceptors (Lipinski definition) is 3. The first-order chi connectivity index (χ1) is 9.36. The number of hydrogen-bond donors (Lipinski definition) is 2. The van der Waals surface area contributed by atoms with Crippen LogP contribution in [0.1, 0.15) is 11.7 Å². The molecule has 0 radical (unpaired) electrons. The van der Waals surface area contributed by atoms with Crippen molar-refractivity contribution in [3.05, 3.63) is 61.0 Å². The van der Waals surface area contributed by atoms with Gasteiger partial charge in [-0.15, -0.1) is 18.2 Å². The third kappa shape index (κ3) is 3.31. The molecule has 1 aliphatic rings. The van der Waals surface area contributed by atoms with Crippen LogP contribution in [0.5, 0.6) is 5.75 Å². The average molecular weight is 490 g/mol. The van der Waals surface area contributed by atoms with Crippen LogP contribution in [0.25, 0.3) is 0 Å². The van der Waals surface area contributed by atoms with Crippen molar-refractivity contribution in [1.29, 1.82) is 0 Å². The quantitative estimate of drug-likeness (QED) is 0.649. The fourth-order valence-electron chi connectivity index (χ4n) is 2.22. The summed E-state index contributed by atoms with van der Waals surface area (Å²) in [5.74, 6) is 0.901. The maximum absolute atomic E-state index is 6.03. The second-order valence-corrected chi connectivity index (χ2v) is 4.45. The van der Waals surface area contributed by atoms with E-state index in [4.69, 9.17) is 4.74 Å². The van der Waals surface area contributed by atoms with E-state index >= 15 is 0 Å². The summed E-state index contributed by atoms with van der Waals surface area (Å²) in [7, 11) is 0. The summed E-state index contributed by atoms with van der Waals surface area (Å²) >= 11 is 0. The van der Waals surface area contributed by atoms with Gasteiger partial charge in [-0.1, -0.05) is 17.8 Å². The number of nitrogens with one attached hydrogen (secondary N) is 2. The van der Waals surface area contributed by atoms with E-state index in [1.807, 2.05) is 36.4 Å². The van der Waals surface area contributed by atoms with Gasteiger partial charge in [0.15, 0.2) is 0 Å². The van der Waals surface area contributed by atoms with E-state index in [0.717, 1.165) is 29.2 Å². The summed E-state index contributed by atoms with van der Waals surface area (Å²) in [6, 6.07) is 17.2. The van der Waals surface area contributed by atoms with Crippen molar-refractivity contribution in [2.24, 2.45) is 0 Å². The van der Waals surface area contributed by atoms with Gasteiger partial charge >= 0.3 is 31.1 Å². The summed E-state index contributed by atoms with van der Waals surface area (Å²) in [5.41, 5.74) is 3.14. The standard InChI is InChI=1S/C16H16N2O.U/c1-2-17-13-7-5-6-12(10-13)16-11-18-14-8-3-4-9-15(14)19-16;/h3-6,8-10,16-18H,1-2,11H2;/q-2;+2. The van der Waals surface area contributed by atoms with Gasteiger partial charge in [0.2, 0.25) is 0 Å². The van der Waals surface area contributed by atoms with Crippen LogP contribution in [0.3, 0.4) is 0 Å². The summed E-state index contributed by atoms with van der Waals surface area (Å²) in [6.07, 6.45) is 0.0230. The zero-order chi connectivity index (χ0) is 13.1. The molecular weight excluding hydrogens is 474 g/mol. The molecule has 0 saturated carbocycles. The average Bonchev–Trinajstić information content (AvgIpc) is 2.47. The molecule has 0 saturated heterocycles. The van der Waals surface area contributed by atoms with Gasteiger partial charge in [0.25, 0.3) is 0 Å². The van der Waals surface area contributed by atoms with Crippen LogP contribution in [0.4, 0.5) is 11.4 Å². The molecule has 4 heteroatoms. The van der Waals surface area contributed by atoms with Crippen LogP contribution in [0, 0.1) is 44.1 Å². The Labute approximate surface area is 143 Å². The van der Waals surface area contributed by atoms with E-state index in [9.17, 15) is 0 Å². The Hall–Kier alpha value is -1.11. The zero-order valence-corrected chi connectivity index (χ0v) is 15.3. The summed E-state index contributed by atoms with van der Waals surface area (Å²) in [6.45, 7) is 5.19. The molecule has 1 heterocycles. The van der Waals surface area contributed by atoms with Gasteiger partial charge in [0, 0.05) is 0 Å². The summed E-state index contributed by atoms with van der Waals surface area (Å²) in [5, 5.41) is 6.56. The van der Waals surface area contributed by atoms with Crippen molar-refractivity contribution in [3.63, 3.8) is 0 Å². The van der Waals surface area contributed by atoms with E-state index in [2.05, 4.69) is 29.7 Å². The van der Waals surface area contributed by atoms with Crippen LogP contribution in [0.2, 0.25) is 0 Å². The van der Waals surface area contributed by atoms with Gasteiger partial charge < -0.3 is 22.3 Å². The second kappa shape index (κ2) is 7.06. The van der Waals surface area contributed by atoms with Crippen molar-refractivity contribution in [2.45, 2.75) is 6.10 Å². The smallest absolute Gasteiger partial charge is 0.484 e. The Kier molecular flexibility index (Phi) is 5.39. The summed E-state index contributed by atoms with van der Waals surface area (Å²) < 4.78 is 6.03. The maximum Gasteiger partial charge on any atom is 2.00 e. The first-order valence-corrected chi connectivity index (χ1v) is 6.41. The van der Waals surface area contributed by atoms with Crippen molar-refractivity contribution in [2.75, 3.05) is 23.7 Å². The number of para-hydroxylation sites is 2. The predicted molar refractivity (Wildman–Crippen MR) is 77.4 cm³/mol. The van der Waals surface area contributed by atoms with Crippen LogP contribution >= 0.6 is 0 Å². The molecule has 2 aromatic rings. The zero-order valence-electron chi connectivity index (χ0n) is 11.1. The SMILES string of the molecule is [CH2-]CNc1[c-]ccc(C2CNc3ccccc3O2)c1.[U+2]. The molecule has 0 spiro atoms. The number of rotatable bonds is 3. The van der Waals surface area contributed by atoms with Gasteiger partial charge in [-0.2, -0.15) is 18.2 Å². The summed E-state index contributed by atoms with van der Waals surface area (Å²) in [4.78, 5) is 0. The van der Waals surface area contributed by atoms with E-state index in [-0.39, 0.29) is 37.2 Å². The van der Waals surface area contributed by atoms with Crippen LogP contribution in [0.15, 0.2) is 42.5 Å². The Morgan fingerprint density at radius 2 is 2.20 bits per heavy atom. The normalized spacial score (nSPS) is 16.1. The fourth-order valence-corrected chi connectivity index (χ4v) is 2.22. The van der Waals surface area contributed by atoms with Crippen LogP contribution < -0.4 is 15.4 Å². The molecule has 1 unspecified atom stereocenters. The molecule has 20 heavy (non-hydrogen) atoms. The molecule has 3 nitrogen and oxygen atoms in total. The van der Waals surface area contributed by atoms with Gasteiger partial charge in [0.05, 0.1) is 12.2 Å². The van der Waals surface area contributed by atoms with E-state index in [1.165, 1.54) is 0 Å². The molecule has 100 valence electrons. The van der Waals surface area contributed by atoms with Crippen molar-refractivity contribution < 1.29 is 35.9 Å². The molecule has 0 fully saturated rings. The van der Waals surface area contributed by atoms with E-state index < -0.39 is 0 Å². The Morgan fingerprint density at radius 3 is 3.05 bits per heavy atom. The minimum atomic E-state index is 0. The number of ether oxygens (including phenoxy) is 1. The molecule has 3 rings (SSSR count).